The molecular formula is C19H35N3O2. The highest BCUT2D eigenvalue weighted by atomic mass is 16.2. The lowest BCUT2D eigenvalue weighted by Gasteiger charge is -2.37. The maximum absolute atomic E-state index is 12.6. The lowest BCUT2D eigenvalue weighted by atomic mass is 9.87. The van der Waals surface area contributed by atoms with Gasteiger partial charge in [-0.05, 0) is 45.1 Å². The van der Waals surface area contributed by atoms with Crippen LogP contribution >= 0.6 is 0 Å². The Hall–Kier alpha value is -1.10. The minimum atomic E-state index is -0.421. The van der Waals surface area contributed by atoms with Crippen LogP contribution in [0, 0.1) is 5.92 Å². The fraction of sp³-hybridized carbons (Fsp3) is 0.895. The van der Waals surface area contributed by atoms with E-state index in [4.69, 9.17) is 0 Å². The van der Waals surface area contributed by atoms with Crippen molar-refractivity contribution in [2.45, 2.75) is 77.3 Å². The van der Waals surface area contributed by atoms with Crippen molar-refractivity contribution in [3.05, 3.63) is 0 Å². The minimum Gasteiger partial charge on any atom is -0.345 e. The van der Waals surface area contributed by atoms with Crippen LogP contribution in [0.5, 0.6) is 0 Å². The van der Waals surface area contributed by atoms with Crippen LogP contribution in [0.15, 0.2) is 0 Å². The lowest BCUT2D eigenvalue weighted by Crippen LogP contribution is -2.51. The van der Waals surface area contributed by atoms with E-state index < -0.39 is 6.04 Å². The molecule has 0 aromatic rings. The third-order valence-electron chi connectivity index (χ3n) is 5.85. The van der Waals surface area contributed by atoms with Crippen LogP contribution in [0.25, 0.3) is 0 Å². The number of nitrogens with one attached hydrogen (secondary N) is 1. The Morgan fingerprint density at radius 2 is 1.75 bits per heavy atom. The van der Waals surface area contributed by atoms with Crippen molar-refractivity contribution < 1.29 is 9.59 Å². The first-order valence-electron chi connectivity index (χ1n) is 9.79. The first-order valence-corrected chi connectivity index (χ1v) is 9.79. The second-order valence-corrected chi connectivity index (χ2v) is 7.61. The topological polar surface area (TPSA) is 52.6 Å². The number of piperidine rings is 1. The van der Waals surface area contributed by atoms with Gasteiger partial charge in [0.25, 0.3) is 0 Å². The fourth-order valence-corrected chi connectivity index (χ4v) is 4.12. The second-order valence-electron chi connectivity index (χ2n) is 7.61. The van der Waals surface area contributed by atoms with Crippen molar-refractivity contribution in [2.75, 3.05) is 26.7 Å². The van der Waals surface area contributed by atoms with Gasteiger partial charge in [0.05, 0.1) is 0 Å². The molecular weight excluding hydrogens is 302 g/mol. The Balaban J connectivity index is 1.75. The first-order chi connectivity index (χ1) is 11.5. The van der Waals surface area contributed by atoms with E-state index in [0.29, 0.717) is 18.4 Å². The van der Waals surface area contributed by atoms with Crippen LogP contribution in [0.4, 0.5) is 0 Å². The van der Waals surface area contributed by atoms with E-state index in [9.17, 15) is 9.59 Å². The number of rotatable bonds is 6. The number of hydrogen-bond donors (Lipinski definition) is 1. The molecule has 1 atom stereocenters. The van der Waals surface area contributed by atoms with Gasteiger partial charge in [-0.15, -0.1) is 0 Å². The molecule has 0 bridgehead atoms. The molecule has 138 valence electrons. The molecule has 2 amide bonds. The van der Waals surface area contributed by atoms with E-state index in [0.717, 1.165) is 45.3 Å². The molecule has 0 radical (unpaired) electrons. The summed E-state index contributed by atoms with van der Waals surface area (Å²) in [6, 6.07) is -0.117. The molecule has 2 fully saturated rings. The van der Waals surface area contributed by atoms with Crippen LogP contribution < -0.4 is 5.32 Å². The summed E-state index contributed by atoms with van der Waals surface area (Å²) in [4.78, 5) is 29.1. The van der Waals surface area contributed by atoms with Crippen LogP contribution in [0.3, 0.4) is 0 Å². The molecule has 2 aliphatic rings. The van der Waals surface area contributed by atoms with Crippen LogP contribution in [-0.4, -0.2) is 60.4 Å². The van der Waals surface area contributed by atoms with Crippen molar-refractivity contribution >= 4 is 11.8 Å². The highest BCUT2D eigenvalue weighted by Gasteiger charge is 2.28. The van der Waals surface area contributed by atoms with Crippen LogP contribution in [0.1, 0.15) is 65.2 Å². The number of hydrogen-bond acceptors (Lipinski definition) is 3. The highest BCUT2D eigenvalue weighted by Crippen LogP contribution is 2.26. The monoisotopic (exact) mass is 337 g/mol. The Labute approximate surface area is 147 Å². The average Bonchev–Trinajstić information content (AvgIpc) is 2.61. The predicted molar refractivity (Wildman–Crippen MR) is 96.7 cm³/mol. The number of nitrogens with zero attached hydrogens (tertiary/aromatic N) is 2. The number of carbonyl (C=O) groups is 2. The zero-order valence-corrected chi connectivity index (χ0v) is 15.7. The molecule has 0 aromatic carbocycles. The quantitative estimate of drug-likeness (QED) is 0.810. The minimum absolute atomic E-state index is 0.0388. The van der Waals surface area contributed by atoms with Gasteiger partial charge in [-0.1, -0.05) is 26.2 Å². The Morgan fingerprint density at radius 3 is 2.33 bits per heavy atom. The number of carbonyl (C=O) groups excluding carboxylic acids is 2. The van der Waals surface area contributed by atoms with Crippen molar-refractivity contribution in [2.24, 2.45) is 5.92 Å². The molecule has 2 rings (SSSR count). The summed E-state index contributed by atoms with van der Waals surface area (Å²) in [6.07, 6.45) is 8.73. The molecule has 0 aromatic heterocycles. The Morgan fingerprint density at radius 1 is 1.12 bits per heavy atom. The van der Waals surface area contributed by atoms with Crippen molar-refractivity contribution in [3.63, 3.8) is 0 Å². The SMILES string of the molecule is CCN1CCC(N(C)C(=O)C(C)NC(=O)CC2CCCCC2)CC1. The average molecular weight is 338 g/mol. The summed E-state index contributed by atoms with van der Waals surface area (Å²) in [5, 5.41) is 2.93. The van der Waals surface area contributed by atoms with E-state index >= 15 is 0 Å². The highest BCUT2D eigenvalue weighted by molar-refractivity contribution is 5.87. The molecule has 1 aliphatic heterocycles. The second kappa shape index (κ2) is 9.40. The van der Waals surface area contributed by atoms with Crippen LogP contribution in [-0.2, 0) is 9.59 Å². The normalized spacial score (nSPS) is 22.1. The summed E-state index contributed by atoms with van der Waals surface area (Å²) in [5.74, 6) is 0.594. The van der Waals surface area contributed by atoms with E-state index in [1.54, 1.807) is 0 Å². The molecule has 1 aliphatic carbocycles. The van der Waals surface area contributed by atoms with E-state index in [-0.39, 0.29) is 11.8 Å². The third kappa shape index (κ3) is 5.47. The Bertz CT molecular complexity index is 413. The van der Waals surface area contributed by atoms with Gasteiger partial charge >= 0.3 is 0 Å². The van der Waals surface area contributed by atoms with Gasteiger partial charge in [-0.25, -0.2) is 0 Å². The van der Waals surface area contributed by atoms with Gasteiger partial charge in [0.1, 0.15) is 6.04 Å². The van der Waals surface area contributed by atoms with E-state index in [2.05, 4.69) is 17.1 Å². The third-order valence-corrected chi connectivity index (χ3v) is 5.85. The van der Waals surface area contributed by atoms with E-state index in [1.807, 2.05) is 18.9 Å². The zero-order valence-electron chi connectivity index (χ0n) is 15.7. The number of likely N-dealkylation sites (N-methyl/N-ethyl adjacent to an activating group) is 1. The standard InChI is InChI=1S/C19H35N3O2/c1-4-22-12-10-17(11-13-22)21(3)19(24)15(2)20-18(23)14-16-8-6-5-7-9-16/h15-17H,4-14H2,1-3H3,(H,20,23). The molecule has 1 saturated heterocycles. The summed E-state index contributed by atoms with van der Waals surface area (Å²) in [7, 11) is 1.89. The molecule has 5 nitrogen and oxygen atoms in total. The zero-order chi connectivity index (χ0) is 17.5. The fourth-order valence-electron chi connectivity index (χ4n) is 4.12. The predicted octanol–water partition coefficient (Wildman–Crippen LogP) is 2.40. The van der Waals surface area contributed by atoms with E-state index in [1.165, 1.54) is 19.3 Å². The molecule has 0 spiro atoms. The molecule has 1 heterocycles. The smallest absolute Gasteiger partial charge is 0.244 e. The van der Waals surface area contributed by atoms with Gasteiger partial charge in [0.2, 0.25) is 11.8 Å². The summed E-state index contributed by atoms with van der Waals surface area (Å²) < 4.78 is 0. The van der Waals surface area contributed by atoms with Gasteiger partial charge in [0, 0.05) is 32.6 Å². The van der Waals surface area contributed by atoms with Crippen molar-refractivity contribution in [1.82, 2.24) is 15.1 Å². The van der Waals surface area contributed by atoms with Gasteiger partial charge in [-0.3, -0.25) is 9.59 Å². The maximum Gasteiger partial charge on any atom is 0.244 e. The van der Waals surface area contributed by atoms with Gasteiger partial charge in [-0.2, -0.15) is 0 Å². The Kier molecular flexibility index (Phi) is 7.53. The number of likely N-dealkylation sites (tertiary alicyclic amines) is 1. The molecule has 1 unspecified atom stereocenters. The molecule has 24 heavy (non-hydrogen) atoms. The molecule has 1 N–H and O–H groups in total. The molecule has 1 saturated carbocycles. The maximum atomic E-state index is 12.6. The lowest BCUT2D eigenvalue weighted by molar-refractivity contribution is -0.137. The van der Waals surface area contributed by atoms with Crippen molar-refractivity contribution in [3.8, 4) is 0 Å². The van der Waals surface area contributed by atoms with Gasteiger partial charge < -0.3 is 15.1 Å². The molecule has 5 heteroatoms. The number of amides is 2. The largest absolute Gasteiger partial charge is 0.345 e. The summed E-state index contributed by atoms with van der Waals surface area (Å²) >= 11 is 0. The summed E-state index contributed by atoms with van der Waals surface area (Å²) in [5.41, 5.74) is 0. The van der Waals surface area contributed by atoms with Crippen LogP contribution in [0.2, 0.25) is 0 Å². The van der Waals surface area contributed by atoms with Gasteiger partial charge in [0.15, 0.2) is 0 Å². The summed E-state index contributed by atoms with van der Waals surface area (Å²) in [6.45, 7) is 7.19. The first kappa shape index (κ1) is 19.2. The van der Waals surface area contributed by atoms with Crippen molar-refractivity contribution in [1.29, 1.82) is 0 Å².